The number of nitrogens with one attached hydrogen (secondary N) is 1. The monoisotopic (exact) mass is 391 g/mol. The maximum atomic E-state index is 12.2. The van der Waals surface area contributed by atoms with Gasteiger partial charge in [0.05, 0.1) is 11.4 Å². The Labute approximate surface area is 168 Å². The molecule has 1 N–H and O–H groups in total. The Kier molecular flexibility index (Phi) is 6.21. The molecule has 0 atom stereocenters. The van der Waals surface area contributed by atoms with Crippen molar-refractivity contribution in [3.8, 4) is 11.3 Å². The van der Waals surface area contributed by atoms with Crippen molar-refractivity contribution in [3.05, 3.63) is 71.4 Å². The predicted molar refractivity (Wildman–Crippen MR) is 113 cm³/mol. The summed E-state index contributed by atoms with van der Waals surface area (Å²) in [5.74, 6) is 0.0418. The molecule has 0 aliphatic heterocycles. The van der Waals surface area contributed by atoms with Crippen LogP contribution in [0.2, 0.25) is 0 Å². The number of amides is 1. The van der Waals surface area contributed by atoms with Crippen LogP contribution in [-0.4, -0.2) is 27.4 Å². The number of aromatic nitrogens is 2. The van der Waals surface area contributed by atoms with Gasteiger partial charge in [0.25, 0.3) is 0 Å². The highest BCUT2D eigenvalue weighted by Crippen LogP contribution is 2.22. The van der Waals surface area contributed by atoms with Crippen LogP contribution in [-0.2, 0) is 4.79 Å². The van der Waals surface area contributed by atoms with Crippen molar-refractivity contribution >= 4 is 29.1 Å². The van der Waals surface area contributed by atoms with Gasteiger partial charge in [-0.25, -0.2) is 9.97 Å². The van der Waals surface area contributed by atoms with E-state index in [1.165, 1.54) is 29.8 Å². The standard InChI is InChI=1S/C22H21N3O2S/c1-14-4-5-18(12-15(14)2)20-10-11-23-22(25-20)28-13-21(27)24-19-8-6-17(7-9-19)16(3)26/h4-12H,13H2,1-3H3,(H,24,27). The van der Waals surface area contributed by atoms with E-state index in [1.807, 2.05) is 12.1 Å². The van der Waals surface area contributed by atoms with Gasteiger partial charge in [0.2, 0.25) is 5.91 Å². The van der Waals surface area contributed by atoms with E-state index in [-0.39, 0.29) is 17.4 Å². The number of carbonyl (C=O) groups is 2. The van der Waals surface area contributed by atoms with E-state index >= 15 is 0 Å². The summed E-state index contributed by atoms with van der Waals surface area (Å²) < 4.78 is 0. The summed E-state index contributed by atoms with van der Waals surface area (Å²) in [6.45, 7) is 5.66. The molecule has 0 saturated heterocycles. The molecule has 0 saturated carbocycles. The van der Waals surface area contributed by atoms with Crippen LogP contribution >= 0.6 is 11.8 Å². The molecule has 0 spiro atoms. The number of benzene rings is 2. The highest BCUT2D eigenvalue weighted by Gasteiger charge is 2.08. The van der Waals surface area contributed by atoms with Crippen LogP contribution in [0.5, 0.6) is 0 Å². The second kappa shape index (κ2) is 8.80. The molecule has 0 unspecified atom stereocenters. The maximum absolute atomic E-state index is 12.2. The molecule has 3 rings (SSSR count). The van der Waals surface area contributed by atoms with Crippen molar-refractivity contribution in [1.29, 1.82) is 0 Å². The van der Waals surface area contributed by atoms with E-state index in [9.17, 15) is 9.59 Å². The molecule has 1 aromatic heterocycles. The zero-order valence-electron chi connectivity index (χ0n) is 16.0. The summed E-state index contributed by atoms with van der Waals surface area (Å²) in [7, 11) is 0. The molecule has 0 aliphatic rings. The average Bonchev–Trinajstić information content (AvgIpc) is 2.69. The quantitative estimate of drug-likeness (QED) is 0.375. The third kappa shape index (κ3) is 5.04. The molecule has 0 bridgehead atoms. The lowest BCUT2D eigenvalue weighted by Gasteiger charge is -2.07. The Morgan fingerprint density at radius 2 is 1.75 bits per heavy atom. The summed E-state index contributed by atoms with van der Waals surface area (Å²) >= 11 is 1.28. The van der Waals surface area contributed by atoms with Crippen LogP contribution < -0.4 is 5.32 Å². The van der Waals surface area contributed by atoms with E-state index < -0.39 is 0 Å². The molecule has 142 valence electrons. The van der Waals surface area contributed by atoms with Crippen molar-refractivity contribution in [1.82, 2.24) is 9.97 Å². The molecule has 1 amide bonds. The van der Waals surface area contributed by atoms with Gasteiger partial charge in [-0.1, -0.05) is 23.9 Å². The Morgan fingerprint density at radius 3 is 2.43 bits per heavy atom. The largest absolute Gasteiger partial charge is 0.325 e. The van der Waals surface area contributed by atoms with Gasteiger partial charge in [-0.2, -0.15) is 0 Å². The highest BCUT2D eigenvalue weighted by atomic mass is 32.2. The Balaban J connectivity index is 1.62. The number of rotatable bonds is 6. The zero-order valence-corrected chi connectivity index (χ0v) is 16.8. The van der Waals surface area contributed by atoms with Gasteiger partial charge >= 0.3 is 0 Å². The Morgan fingerprint density at radius 1 is 1.00 bits per heavy atom. The normalized spacial score (nSPS) is 10.5. The molecule has 1 heterocycles. The van der Waals surface area contributed by atoms with Crippen LogP contribution in [0, 0.1) is 13.8 Å². The van der Waals surface area contributed by atoms with Crippen molar-refractivity contribution in [3.63, 3.8) is 0 Å². The minimum absolute atomic E-state index is 0.00534. The molecule has 3 aromatic rings. The summed E-state index contributed by atoms with van der Waals surface area (Å²) in [5.41, 5.74) is 5.58. The number of nitrogens with zero attached hydrogens (tertiary/aromatic N) is 2. The molecule has 5 nitrogen and oxygen atoms in total. The molecule has 2 aromatic carbocycles. The van der Waals surface area contributed by atoms with Gasteiger partial charge in [0.1, 0.15) is 0 Å². The number of Topliss-reactive ketones (excluding diaryl/α,β-unsaturated/α-hetero) is 1. The summed E-state index contributed by atoms with van der Waals surface area (Å²) in [6, 6.07) is 14.9. The van der Waals surface area contributed by atoms with E-state index in [0.29, 0.717) is 16.4 Å². The second-order valence-corrected chi connectivity index (χ2v) is 7.44. The summed E-state index contributed by atoms with van der Waals surface area (Å²) in [5, 5.41) is 3.37. The summed E-state index contributed by atoms with van der Waals surface area (Å²) in [6.07, 6.45) is 1.71. The maximum Gasteiger partial charge on any atom is 0.234 e. The average molecular weight is 391 g/mol. The topological polar surface area (TPSA) is 72.0 Å². The minimum atomic E-state index is -0.152. The van der Waals surface area contributed by atoms with Crippen LogP contribution in [0.15, 0.2) is 59.9 Å². The number of anilines is 1. The molecule has 6 heteroatoms. The van der Waals surface area contributed by atoms with Crippen molar-refractivity contribution < 1.29 is 9.59 Å². The lowest BCUT2D eigenvalue weighted by Crippen LogP contribution is -2.14. The Bertz CT molecular complexity index is 1020. The third-order valence-corrected chi connectivity index (χ3v) is 5.21. The predicted octanol–water partition coefficient (Wildman–Crippen LogP) is 4.69. The van der Waals surface area contributed by atoms with Crippen LogP contribution in [0.3, 0.4) is 0 Å². The summed E-state index contributed by atoms with van der Waals surface area (Å²) in [4.78, 5) is 32.3. The lowest BCUT2D eigenvalue weighted by molar-refractivity contribution is -0.113. The molecular weight excluding hydrogens is 370 g/mol. The number of aryl methyl sites for hydroxylation is 2. The molecule has 0 aliphatic carbocycles. The zero-order chi connectivity index (χ0) is 20.1. The Hall–Kier alpha value is -2.99. The number of thioether (sulfide) groups is 1. The van der Waals surface area contributed by atoms with Gasteiger partial charge in [-0.3, -0.25) is 9.59 Å². The van der Waals surface area contributed by atoms with Crippen molar-refractivity contribution in [2.45, 2.75) is 25.9 Å². The first kappa shape index (κ1) is 19.8. The second-order valence-electron chi connectivity index (χ2n) is 6.49. The van der Waals surface area contributed by atoms with Crippen molar-refractivity contribution in [2.24, 2.45) is 0 Å². The van der Waals surface area contributed by atoms with Crippen LogP contribution in [0.25, 0.3) is 11.3 Å². The first-order chi connectivity index (χ1) is 13.4. The van der Waals surface area contributed by atoms with Crippen LogP contribution in [0.4, 0.5) is 5.69 Å². The van der Waals surface area contributed by atoms with Gasteiger partial charge in [-0.05, 0) is 68.3 Å². The van der Waals surface area contributed by atoms with Crippen LogP contribution in [0.1, 0.15) is 28.4 Å². The highest BCUT2D eigenvalue weighted by molar-refractivity contribution is 7.99. The van der Waals surface area contributed by atoms with E-state index in [2.05, 4.69) is 41.3 Å². The molecular formula is C22H21N3O2S. The molecule has 28 heavy (non-hydrogen) atoms. The van der Waals surface area contributed by atoms with E-state index in [4.69, 9.17) is 0 Å². The third-order valence-electron chi connectivity index (χ3n) is 4.34. The smallest absolute Gasteiger partial charge is 0.234 e. The minimum Gasteiger partial charge on any atom is -0.325 e. The fraction of sp³-hybridized carbons (Fsp3) is 0.182. The van der Waals surface area contributed by atoms with E-state index in [0.717, 1.165) is 11.3 Å². The van der Waals surface area contributed by atoms with E-state index in [1.54, 1.807) is 30.5 Å². The number of ketones is 1. The first-order valence-corrected chi connectivity index (χ1v) is 9.85. The SMILES string of the molecule is CC(=O)c1ccc(NC(=O)CSc2nccc(-c3ccc(C)c(C)c3)n2)cc1. The number of hydrogen-bond acceptors (Lipinski definition) is 5. The lowest BCUT2D eigenvalue weighted by atomic mass is 10.0. The fourth-order valence-electron chi connectivity index (χ4n) is 2.59. The van der Waals surface area contributed by atoms with Gasteiger partial charge in [0.15, 0.2) is 10.9 Å². The first-order valence-electron chi connectivity index (χ1n) is 8.87. The molecule has 0 fully saturated rings. The fourth-order valence-corrected chi connectivity index (χ4v) is 3.22. The molecule has 0 radical (unpaired) electrons. The van der Waals surface area contributed by atoms with Crippen molar-refractivity contribution in [2.75, 3.05) is 11.1 Å². The number of carbonyl (C=O) groups excluding carboxylic acids is 2. The van der Waals surface area contributed by atoms with Gasteiger partial charge in [0, 0.05) is 23.0 Å². The number of hydrogen-bond donors (Lipinski definition) is 1. The van der Waals surface area contributed by atoms with Gasteiger partial charge < -0.3 is 5.32 Å². The van der Waals surface area contributed by atoms with Gasteiger partial charge in [-0.15, -0.1) is 0 Å².